The van der Waals surface area contributed by atoms with E-state index in [2.05, 4.69) is 0 Å². The lowest BCUT2D eigenvalue weighted by atomic mass is 9.80. The van der Waals surface area contributed by atoms with E-state index in [1.807, 2.05) is 0 Å². The van der Waals surface area contributed by atoms with Gasteiger partial charge in [-0.1, -0.05) is 0 Å². The number of aliphatic carboxylic acids is 1. The first-order chi connectivity index (χ1) is 6.54. The standard InChI is InChI=1S/C11H18O3/c12-9(13)2-1-3-10-4-6-11(14,8-10)7-5-10/h14H,1-8H2,(H,12,13). The molecule has 0 saturated heterocycles. The number of carboxylic acids is 1. The van der Waals surface area contributed by atoms with Gasteiger partial charge in [0.15, 0.2) is 0 Å². The third-order valence-corrected chi connectivity index (χ3v) is 4.04. The highest BCUT2D eigenvalue weighted by Gasteiger charge is 2.52. The Hall–Kier alpha value is -0.570. The normalized spacial score (nSPS) is 40.4. The van der Waals surface area contributed by atoms with Crippen molar-refractivity contribution in [2.24, 2.45) is 5.41 Å². The maximum absolute atomic E-state index is 10.4. The minimum absolute atomic E-state index is 0.278. The van der Waals surface area contributed by atoms with Gasteiger partial charge in [-0.2, -0.15) is 0 Å². The third kappa shape index (κ3) is 1.78. The molecule has 2 saturated carbocycles. The first-order valence-corrected chi connectivity index (χ1v) is 5.48. The van der Waals surface area contributed by atoms with Crippen LogP contribution in [0, 0.1) is 5.41 Å². The van der Waals surface area contributed by atoms with Crippen LogP contribution in [0.4, 0.5) is 0 Å². The van der Waals surface area contributed by atoms with Crippen LogP contribution in [0.15, 0.2) is 0 Å². The second-order valence-corrected chi connectivity index (χ2v) is 5.15. The van der Waals surface area contributed by atoms with Gasteiger partial charge >= 0.3 is 5.97 Å². The average Bonchev–Trinajstić information content (AvgIpc) is 2.57. The maximum atomic E-state index is 10.4. The molecule has 2 bridgehead atoms. The third-order valence-electron chi connectivity index (χ3n) is 4.04. The second kappa shape index (κ2) is 3.23. The van der Waals surface area contributed by atoms with Crippen molar-refractivity contribution in [3.05, 3.63) is 0 Å². The van der Waals surface area contributed by atoms with Crippen molar-refractivity contribution in [3.8, 4) is 0 Å². The first-order valence-electron chi connectivity index (χ1n) is 5.48. The maximum Gasteiger partial charge on any atom is 0.303 e. The molecule has 0 heterocycles. The van der Waals surface area contributed by atoms with Gasteiger partial charge < -0.3 is 10.2 Å². The van der Waals surface area contributed by atoms with Crippen LogP contribution in [0.2, 0.25) is 0 Å². The smallest absolute Gasteiger partial charge is 0.303 e. The van der Waals surface area contributed by atoms with Crippen molar-refractivity contribution in [2.75, 3.05) is 0 Å². The molecule has 2 N–H and O–H groups in total. The number of fused-ring (bicyclic) bond motifs is 2. The van der Waals surface area contributed by atoms with E-state index in [0.717, 1.165) is 44.9 Å². The molecule has 14 heavy (non-hydrogen) atoms. The van der Waals surface area contributed by atoms with Crippen LogP contribution in [0.1, 0.15) is 51.4 Å². The van der Waals surface area contributed by atoms with Crippen LogP contribution in [0.5, 0.6) is 0 Å². The number of rotatable bonds is 4. The van der Waals surface area contributed by atoms with E-state index in [4.69, 9.17) is 5.11 Å². The predicted octanol–water partition coefficient (Wildman–Crippen LogP) is 1.94. The van der Waals surface area contributed by atoms with Crippen LogP contribution >= 0.6 is 0 Å². The predicted molar refractivity (Wildman–Crippen MR) is 52.0 cm³/mol. The number of hydrogen-bond acceptors (Lipinski definition) is 2. The Kier molecular flexibility index (Phi) is 2.30. The minimum atomic E-state index is -0.701. The fourth-order valence-corrected chi connectivity index (χ4v) is 3.25. The van der Waals surface area contributed by atoms with Crippen LogP contribution in [-0.4, -0.2) is 21.8 Å². The average molecular weight is 198 g/mol. The van der Waals surface area contributed by atoms with Crippen molar-refractivity contribution < 1.29 is 15.0 Å². The van der Waals surface area contributed by atoms with Crippen LogP contribution in [-0.2, 0) is 4.79 Å². The molecule has 2 rings (SSSR count). The van der Waals surface area contributed by atoms with Gasteiger partial charge in [-0.15, -0.1) is 0 Å². The van der Waals surface area contributed by atoms with E-state index >= 15 is 0 Å². The van der Waals surface area contributed by atoms with Gasteiger partial charge in [-0.3, -0.25) is 4.79 Å². The summed E-state index contributed by atoms with van der Waals surface area (Å²) in [6.07, 6.45) is 7.01. The molecular formula is C11H18O3. The topological polar surface area (TPSA) is 57.5 Å². The van der Waals surface area contributed by atoms with Gasteiger partial charge in [0.1, 0.15) is 0 Å². The molecule has 2 aliphatic rings. The van der Waals surface area contributed by atoms with Crippen LogP contribution < -0.4 is 0 Å². The Labute approximate surface area is 84.1 Å². The van der Waals surface area contributed by atoms with E-state index in [1.165, 1.54) is 0 Å². The van der Waals surface area contributed by atoms with Gasteiger partial charge in [0.25, 0.3) is 0 Å². The lowest BCUT2D eigenvalue weighted by molar-refractivity contribution is -0.137. The summed E-state index contributed by atoms with van der Waals surface area (Å²) in [6.45, 7) is 0. The number of carbonyl (C=O) groups is 1. The van der Waals surface area contributed by atoms with Gasteiger partial charge in [-0.05, 0) is 50.4 Å². The fourth-order valence-electron chi connectivity index (χ4n) is 3.25. The summed E-state index contributed by atoms with van der Waals surface area (Å²) < 4.78 is 0. The quantitative estimate of drug-likeness (QED) is 0.725. The van der Waals surface area contributed by atoms with Gasteiger partial charge in [-0.25, -0.2) is 0 Å². The van der Waals surface area contributed by atoms with Gasteiger partial charge in [0, 0.05) is 6.42 Å². The van der Waals surface area contributed by atoms with E-state index < -0.39 is 5.97 Å². The van der Waals surface area contributed by atoms with Crippen molar-refractivity contribution in [1.82, 2.24) is 0 Å². The van der Waals surface area contributed by atoms with Gasteiger partial charge in [0.2, 0.25) is 0 Å². The Morgan fingerprint density at radius 2 is 1.86 bits per heavy atom. The lowest BCUT2D eigenvalue weighted by Gasteiger charge is -2.25. The van der Waals surface area contributed by atoms with Crippen LogP contribution in [0.25, 0.3) is 0 Å². The molecule has 0 atom stereocenters. The van der Waals surface area contributed by atoms with E-state index in [0.29, 0.717) is 5.41 Å². The van der Waals surface area contributed by atoms with Gasteiger partial charge in [0.05, 0.1) is 5.60 Å². The van der Waals surface area contributed by atoms with Crippen LogP contribution in [0.3, 0.4) is 0 Å². The first kappa shape index (κ1) is 9.97. The molecule has 2 aliphatic carbocycles. The Balaban J connectivity index is 1.84. The summed E-state index contributed by atoms with van der Waals surface area (Å²) in [5.74, 6) is -0.701. The zero-order valence-electron chi connectivity index (χ0n) is 8.46. The summed E-state index contributed by atoms with van der Waals surface area (Å²) >= 11 is 0. The van der Waals surface area contributed by atoms with E-state index in [1.54, 1.807) is 0 Å². The fraction of sp³-hybridized carbons (Fsp3) is 0.909. The van der Waals surface area contributed by atoms with Crippen molar-refractivity contribution in [3.63, 3.8) is 0 Å². The summed E-state index contributed by atoms with van der Waals surface area (Å²) in [5.41, 5.74) is -0.0899. The molecule has 3 heteroatoms. The van der Waals surface area contributed by atoms with E-state index in [9.17, 15) is 9.90 Å². The molecule has 3 nitrogen and oxygen atoms in total. The molecule has 0 spiro atoms. The Bertz CT molecular complexity index is 239. The molecule has 0 aliphatic heterocycles. The second-order valence-electron chi connectivity index (χ2n) is 5.15. The molecular weight excluding hydrogens is 180 g/mol. The van der Waals surface area contributed by atoms with Crippen molar-refractivity contribution in [2.45, 2.75) is 57.0 Å². The summed E-state index contributed by atoms with van der Waals surface area (Å²) in [7, 11) is 0. The molecule has 0 radical (unpaired) electrons. The summed E-state index contributed by atoms with van der Waals surface area (Å²) in [5, 5.41) is 18.6. The summed E-state index contributed by atoms with van der Waals surface area (Å²) in [4.78, 5) is 10.4. The van der Waals surface area contributed by atoms with Crippen molar-refractivity contribution in [1.29, 1.82) is 0 Å². The largest absolute Gasteiger partial charge is 0.481 e. The van der Waals surface area contributed by atoms with Crippen molar-refractivity contribution >= 4 is 5.97 Å². The molecule has 80 valence electrons. The zero-order chi connectivity index (χ0) is 10.2. The minimum Gasteiger partial charge on any atom is -0.481 e. The molecule has 0 aromatic carbocycles. The number of aliphatic hydroxyl groups is 1. The highest BCUT2D eigenvalue weighted by atomic mass is 16.4. The van der Waals surface area contributed by atoms with E-state index in [-0.39, 0.29) is 12.0 Å². The highest BCUT2D eigenvalue weighted by Crippen LogP contribution is 2.58. The highest BCUT2D eigenvalue weighted by molar-refractivity contribution is 5.66. The monoisotopic (exact) mass is 198 g/mol. The SMILES string of the molecule is O=C(O)CCCC12CCC(O)(CC1)C2. The molecule has 0 aromatic heterocycles. The number of carboxylic acid groups (broad SMARTS) is 1. The molecule has 2 fully saturated rings. The molecule has 0 unspecified atom stereocenters. The molecule has 0 amide bonds. The number of hydrogen-bond donors (Lipinski definition) is 2. The lowest BCUT2D eigenvalue weighted by Crippen LogP contribution is -2.20. The molecule has 0 aromatic rings. The summed E-state index contributed by atoms with van der Waals surface area (Å²) in [6, 6.07) is 0. The Morgan fingerprint density at radius 1 is 1.21 bits per heavy atom. The Morgan fingerprint density at radius 3 is 2.29 bits per heavy atom. The zero-order valence-corrected chi connectivity index (χ0v) is 8.46.